The maximum Gasteiger partial charge on any atom is 0.224 e. The van der Waals surface area contributed by atoms with Gasteiger partial charge in [0, 0.05) is 24.7 Å². The third-order valence-electron chi connectivity index (χ3n) is 4.48. The van der Waals surface area contributed by atoms with Gasteiger partial charge in [-0.1, -0.05) is 35.9 Å². The molecule has 23 heavy (non-hydrogen) atoms. The van der Waals surface area contributed by atoms with Gasteiger partial charge in [-0.05, 0) is 25.5 Å². The minimum absolute atomic E-state index is 0.224. The minimum Gasteiger partial charge on any atom is -0.336 e. The molecule has 0 bridgehead atoms. The number of nitrogens with zero attached hydrogens (tertiary/aromatic N) is 3. The second-order valence-corrected chi connectivity index (χ2v) is 6.27. The Morgan fingerprint density at radius 3 is 2.43 bits per heavy atom. The van der Waals surface area contributed by atoms with E-state index in [2.05, 4.69) is 54.8 Å². The SMILES string of the molecule is Cc1ccc(-c2nc3ccc(C)cn3c2CN2CCC2=O)cc1. The zero-order chi connectivity index (χ0) is 16.0. The number of aromatic nitrogens is 2. The van der Waals surface area contributed by atoms with Crippen LogP contribution in [0.15, 0.2) is 42.6 Å². The number of rotatable bonds is 3. The molecule has 1 fully saturated rings. The number of likely N-dealkylation sites (tertiary alicyclic amines) is 1. The molecule has 4 heteroatoms. The molecule has 0 unspecified atom stereocenters. The van der Waals surface area contributed by atoms with E-state index in [9.17, 15) is 4.79 Å². The lowest BCUT2D eigenvalue weighted by molar-refractivity contribution is -0.140. The van der Waals surface area contributed by atoms with Crippen molar-refractivity contribution in [1.29, 1.82) is 0 Å². The second-order valence-electron chi connectivity index (χ2n) is 6.27. The topological polar surface area (TPSA) is 37.6 Å². The van der Waals surface area contributed by atoms with Crippen LogP contribution in [-0.2, 0) is 11.3 Å². The van der Waals surface area contributed by atoms with Gasteiger partial charge in [-0.15, -0.1) is 0 Å². The molecule has 0 N–H and O–H groups in total. The molecule has 4 rings (SSSR count). The summed E-state index contributed by atoms with van der Waals surface area (Å²) >= 11 is 0. The first-order valence-corrected chi connectivity index (χ1v) is 7.94. The fourth-order valence-corrected chi connectivity index (χ4v) is 3.00. The zero-order valence-electron chi connectivity index (χ0n) is 13.4. The standard InChI is InChI=1S/C19H19N3O/c1-13-3-6-15(7-4-13)19-16(12-21-10-9-18(21)23)22-11-14(2)5-8-17(22)20-19/h3-8,11H,9-10,12H2,1-2H3. The van der Waals surface area contributed by atoms with E-state index in [1.807, 2.05) is 11.0 Å². The number of aryl methyl sites for hydroxylation is 2. The van der Waals surface area contributed by atoms with E-state index in [4.69, 9.17) is 4.98 Å². The van der Waals surface area contributed by atoms with Crippen LogP contribution in [0.2, 0.25) is 0 Å². The van der Waals surface area contributed by atoms with Gasteiger partial charge in [-0.3, -0.25) is 4.79 Å². The number of fused-ring (bicyclic) bond motifs is 1. The summed E-state index contributed by atoms with van der Waals surface area (Å²) in [6.45, 7) is 5.61. The molecule has 0 saturated carbocycles. The summed E-state index contributed by atoms with van der Waals surface area (Å²) in [5.41, 5.74) is 6.49. The normalized spacial score (nSPS) is 14.3. The van der Waals surface area contributed by atoms with E-state index in [-0.39, 0.29) is 5.91 Å². The molecule has 1 aliphatic rings. The lowest BCUT2D eigenvalue weighted by atomic mass is 10.1. The first-order valence-electron chi connectivity index (χ1n) is 7.94. The molecular formula is C19H19N3O. The third kappa shape index (κ3) is 2.40. The maximum atomic E-state index is 11.7. The van der Waals surface area contributed by atoms with Crippen molar-refractivity contribution in [3.8, 4) is 11.3 Å². The van der Waals surface area contributed by atoms with Gasteiger partial charge in [0.05, 0.1) is 17.9 Å². The van der Waals surface area contributed by atoms with Gasteiger partial charge in [-0.2, -0.15) is 0 Å². The Balaban J connectivity index is 1.87. The van der Waals surface area contributed by atoms with Gasteiger partial charge in [0.2, 0.25) is 5.91 Å². The summed E-state index contributed by atoms with van der Waals surface area (Å²) in [6.07, 6.45) is 2.76. The number of hydrogen-bond acceptors (Lipinski definition) is 2. The molecule has 1 saturated heterocycles. The molecule has 2 aromatic heterocycles. The number of pyridine rings is 1. The van der Waals surface area contributed by atoms with Crippen LogP contribution in [0.3, 0.4) is 0 Å². The van der Waals surface area contributed by atoms with E-state index < -0.39 is 0 Å². The van der Waals surface area contributed by atoms with Crippen LogP contribution < -0.4 is 0 Å². The number of benzene rings is 1. The van der Waals surface area contributed by atoms with Crippen molar-refractivity contribution in [2.24, 2.45) is 0 Å². The molecule has 1 aromatic carbocycles. The summed E-state index contributed by atoms with van der Waals surface area (Å²) < 4.78 is 2.12. The van der Waals surface area contributed by atoms with Gasteiger partial charge < -0.3 is 9.30 Å². The van der Waals surface area contributed by atoms with Crippen LogP contribution in [-0.4, -0.2) is 26.7 Å². The molecule has 3 heterocycles. The van der Waals surface area contributed by atoms with E-state index in [0.717, 1.165) is 29.1 Å². The molecule has 4 nitrogen and oxygen atoms in total. The Kier molecular flexibility index (Phi) is 3.18. The van der Waals surface area contributed by atoms with Gasteiger partial charge in [0.25, 0.3) is 0 Å². The number of carbonyl (C=O) groups excluding carboxylic acids is 1. The Labute approximate surface area is 135 Å². The van der Waals surface area contributed by atoms with Crippen molar-refractivity contribution in [2.75, 3.05) is 6.54 Å². The fraction of sp³-hybridized carbons (Fsp3) is 0.263. The first-order chi connectivity index (χ1) is 11.1. The smallest absolute Gasteiger partial charge is 0.224 e. The summed E-state index contributed by atoms with van der Waals surface area (Å²) in [4.78, 5) is 18.5. The van der Waals surface area contributed by atoms with Gasteiger partial charge >= 0.3 is 0 Å². The monoisotopic (exact) mass is 305 g/mol. The van der Waals surface area contributed by atoms with Crippen molar-refractivity contribution < 1.29 is 4.79 Å². The molecule has 0 radical (unpaired) electrons. The number of carbonyl (C=O) groups is 1. The molecule has 116 valence electrons. The highest BCUT2D eigenvalue weighted by Gasteiger charge is 2.26. The summed E-state index contributed by atoms with van der Waals surface area (Å²) in [6, 6.07) is 12.5. The summed E-state index contributed by atoms with van der Waals surface area (Å²) in [7, 11) is 0. The zero-order valence-corrected chi connectivity index (χ0v) is 13.4. The number of amides is 1. The van der Waals surface area contributed by atoms with Crippen LogP contribution in [0, 0.1) is 13.8 Å². The Morgan fingerprint density at radius 2 is 1.78 bits per heavy atom. The van der Waals surface area contributed by atoms with E-state index >= 15 is 0 Å². The molecule has 1 amide bonds. The van der Waals surface area contributed by atoms with Crippen molar-refractivity contribution in [3.05, 3.63) is 59.4 Å². The highest BCUT2D eigenvalue weighted by Crippen LogP contribution is 2.27. The van der Waals surface area contributed by atoms with Crippen molar-refractivity contribution in [1.82, 2.24) is 14.3 Å². The third-order valence-corrected chi connectivity index (χ3v) is 4.48. The Bertz CT molecular complexity index is 893. The number of hydrogen-bond donors (Lipinski definition) is 0. The highest BCUT2D eigenvalue weighted by molar-refractivity contribution is 5.82. The van der Waals surface area contributed by atoms with E-state index in [1.165, 1.54) is 11.1 Å². The number of β-lactam (4-membered cyclic amide) rings is 1. The predicted octanol–water partition coefficient (Wildman–Crippen LogP) is 3.35. The maximum absolute atomic E-state index is 11.7. The Hall–Kier alpha value is -2.62. The lowest BCUT2D eigenvalue weighted by Gasteiger charge is -2.30. The van der Waals surface area contributed by atoms with Crippen LogP contribution >= 0.6 is 0 Å². The Morgan fingerprint density at radius 1 is 1.04 bits per heavy atom. The first kappa shape index (κ1) is 14.0. The van der Waals surface area contributed by atoms with Crippen LogP contribution in [0.25, 0.3) is 16.9 Å². The number of imidazole rings is 1. The van der Waals surface area contributed by atoms with Crippen LogP contribution in [0.5, 0.6) is 0 Å². The molecule has 3 aromatic rings. The van der Waals surface area contributed by atoms with Crippen LogP contribution in [0.1, 0.15) is 23.2 Å². The predicted molar refractivity (Wildman–Crippen MR) is 90.1 cm³/mol. The summed E-state index contributed by atoms with van der Waals surface area (Å²) in [5, 5.41) is 0. The van der Waals surface area contributed by atoms with E-state index in [0.29, 0.717) is 13.0 Å². The summed E-state index contributed by atoms with van der Waals surface area (Å²) in [5.74, 6) is 0.224. The van der Waals surface area contributed by atoms with Crippen molar-refractivity contribution in [3.63, 3.8) is 0 Å². The average Bonchev–Trinajstić information content (AvgIpc) is 2.89. The highest BCUT2D eigenvalue weighted by atomic mass is 16.2. The minimum atomic E-state index is 0.224. The fourth-order valence-electron chi connectivity index (χ4n) is 3.00. The lowest BCUT2D eigenvalue weighted by Crippen LogP contribution is -2.42. The molecule has 0 atom stereocenters. The van der Waals surface area contributed by atoms with Crippen molar-refractivity contribution >= 4 is 11.6 Å². The molecule has 0 spiro atoms. The van der Waals surface area contributed by atoms with Gasteiger partial charge in [-0.25, -0.2) is 4.98 Å². The van der Waals surface area contributed by atoms with E-state index in [1.54, 1.807) is 0 Å². The van der Waals surface area contributed by atoms with Crippen molar-refractivity contribution in [2.45, 2.75) is 26.8 Å². The second kappa shape index (κ2) is 5.23. The molecule has 1 aliphatic heterocycles. The van der Waals surface area contributed by atoms with Crippen LogP contribution in [0.4, 0.5) is 0 Å². The van der Waals surface area contributed by atoms with Gasteiger partial charge in [0.1, 0.15) is 5.65 Å². The average molecular weight is 305 g/mol. The quantitative estimate of drug-likeness (QED) is 0.696. The van der Waals surface area contributed by atoms with Gasteiger partial charge in [0.15, 0.2) is 0 Å². The largest absolute Gasteiger partial charge is 0.336 e. The molecular weight excluding hydrogens is 286 g/mol. The molecule has 0 aliphatic carbocycles.